The lowest BCUT2D eigenvalue weighted by atomic mass is 10.2. The monoisotopic (exact) mass is 371 g/mol. The molecule has 0 atom stereocenters. The van der Waals surface area contributed by atoms with Crippen molar-refractivity contribution in [3.8, 4) is 0 Å². The summed E-state index contributed by atoms with van der Waals surface area (Å²) in [5, 5.41) is 11.4. The van der Waals surface area contributed by atoms with Gasteiger partial charge in [-0.2, -0.15) is 15.1 Å². The molecule has 0 aliphatic carbocycles. The Morgan fingerprint density at radius 2 is 2.05 bits per heavy atom. The van der Waals surface area contributed by atoms with Gasteiger partial charge in [0.15, 0.2) is 5.65 Å². The Balaban J connectivity index is 2.09. The van der Waals surface area contributed by atoms with Gasteiger partial charge in [-0.1, -0.05) is 11.6 Å². The lowest BCUT2D eigenvalue weighted by Gasteiger charge is -2.10. The van der Waals surface area contributed by atoms with Crippen LogP contribution in [0.3, 0.4) is 0 Å². The number of rotatable bonds is 2. The molecule has 3 aromatic rings. The number of hydrogen-bond donors (Lipinski definition) is 2. The Morgan fingerprint density at radius 1 is 1.25 bits per heavy atom. The molecule has 0 spiro atoms. The van der Waals surface area contributed by atoms with E-state index >= 15 is 0 Å². The molecule has 102 valence electrons. The Hall–Kier alpha value is -1.37. The van der Waals surface area contributed by atoms with Crippen molar-refractivity contribution in [3.05, 3.63) is 38.7 Å². The van der Waals surface area contributed by atoms with Crippen LogP contribution in [0.4, 0.5) is 11.5 Å². The highest BCUT2D eigenvalue weighted by Gasteiger charge is 2.11. The van der Waals surface area contributed by atoms with E-state index in [9.17, 15) is 0 Å². The maximum absolute atomic E-state index is 6.14. The fourth-order valence-electron chi connectivity index (χ4n) is 1.77. The van der Waals surface area contributed by atoms with Crippen molar-refractivity contribution in [2.45, 2.75) is 6.92 Å². The number of aromatic nitrogens is 4. The third-order valence-corrected chi connectivity index (χ3v) is 4.02. The van der Waals surface area contributed by atoms with Gasteiger partial charge in [0.1, 0.15) is 5.82 Å². The van der Waals surface area contributed by atoms with E-state index < -0.39 is 0 Å². The molecule has 0 aliphatic rings. The fourth-order valence-corrected chi connectivity index (χ4v) is 2.66. The molecule has 0 amide bonds. The van der Waals surface area contributed by atoms with Crippen LogP contribution in [0, 0.1) is 6.92 Å². The zero-order chi connectivity index (χ0) is 14.3. The van der Waals surface area contributed by atoms with Crippen molar-refractivity contribution < 1.29 is 0 Å². The van der Waals surface area contributed by atoms with Crippen LogP contribution in [-0.4, -0.2) is 20.2 Å². The smallest absolute Gasteiger partial charge is 0.226 e. The summed E-state index contributed by atoms with van der Waals surface area (Å²) in [6.45, 7) is 1.94. The standard InChI is InChI=1S/C12H8BrCl2N5/c1-5-2-7(13)9(3-8(5)14)17-10-6-4-16-20-11(6)19-12(15)18-10/h2-4H,1H3,(H2,16,17,18,19,20). The minimum atomic E-state index is 0.138. The number of fused-ring (bicyclic) bond motifs is 1. The number of aryl methyl sites for hydroxylation is 1. The highest BCUT2D eigenvalue weighted by Crippen LogP contribution is 2.32. The van der Waals surface area contributed by atoms with Gasteiger partial charge in [0.25, 0.3) is 0 Å². The largest absolute Gasteiger partial charge is 0.339 e. The molecular formula is C12H8BrCl2N5. The highest BCUT2D eigenvalue weighted by molar-refractivity contribution is 9.10. The van der Waals surface area contributed by atoms with Gasteiger partial charge in [0.2, 0.25) is 5.28 Å². The topological polar surface area (TPSA) is 66.5 Å². The third-order valence-electron chi connectivity index (χ3n) is 2.78. The van der Waals surface area contributed by atoms with Crippen molar-refractivity contribution in [1.29, 1.82) is 0 Å². The lowest BCUT2D eigenvalue weighted by molar-refractivity contribution is 1.09. The van der Waals surface area contributed by atoms with Crippen LogP contribution in [0.1, 0.15) is 5.56 Å². The number of halogens is 3. The molecule has 0 bridgehead atoms. The number of benzene rings is 1. The van der Waals surface area contributed by atoms with Gasteiger partial charge in [-0.3, -0.25) is 5.10 Å². The number of anilines is 2. The van der Waals surface area contributed by atoms with Gasteiger partial charge >= 0.3 is 0 Å². The summed E-state index contributed by atoms with van der Waals surface area (Å²) >= 11 is 15.5. The van der Waals surface area contributed by atoms with E-state index in [-0.39, 0.29) is 5.28 Å². The lowest BCUT2D eigenvalue weighted by Crippen LogP contribution is -1.97. The predicted molar refractivity (Wildman–Crippen MR) is 83.9 cm³/mol. The zero-order valence-electron chi connectivity index (χ0n) is 10.2. The fraction of sp³-hybridized carbons (Fsp3) is 0.0833. The zero-order valence-corrected chi connectivity index (χ0v) is 13.3. The van der Waals surface area contributed by atoms with Crippen LogP contribution in [0.25, 0.3) is 11.0 Å². The molecule has 2 heterocycles. The number of H-pyrrole nitrogens is 1. The number of hydrogen-bond acceptors (Lipinski definition) is 4. The molecule has 8 heteroatoms. The maximum atomic E-state index is 6.14. The van der Waals surface area contributed by atoms with E-state index in [0.29, 0.717) is 16.5 Å². The predicted octanol–water partition coefficient (Wildman–Crippen LogP) is 4.47. The van der Waals surface area contributed by atoms with Gasteiger partial charge in [0, 0.05) is 9.50 Å². The van der Waals surface area contributed by atoms with Gasteiger partial charge in [0.05, 0.1) is 17.3 Å². The average Bonchev–Trinajstić information content (AvgIpc) is 2.84. The average molecular weight is 373 g/mol. The summed E-state index contributed by atoms with van der Waals surface area (Å²) in [5.41, 5.74) is 2.35. The SMILES string of the molecule is Cc1cc(Br)c(Nc2nc(Cl)nc3[nH]ncc23)cc1Cl. The van der Waals surface area contributed by atoms with Crippen molar-refractivity contribution in [2.24, 2.45) is 0 Å². The summed E-state index contributed by atoms with van der Waals surface area (Å²) in [7, 11) is 0. The second kappa shape index (κ2) is 5.20. The Bertz CT molecular complexity index is 802. The Labute approximate surface area is 132 Å². The van der Waals surface area contributed by atoms with Crippen LogP contribution in [0.2, 0.25) is 10.3 Å². The van der Waals surface area contributed by atoms with Gasteiger partial charge < -0.3 is 5.32 Å². The maximum Gasteiger partial charge on any atom is 0.226 e. The molecular weight excluding hydrogens is 365 g/mol. The minimum absolute atomic E-state index is 0.138. The molecule has 1 aromatic carbocycles. The number of nitrogens with zero attached hydrogens (tertiary/aromatic N) is 3. The van der Waals surface area contributed by atoms with Gasteiger partial charge in [-0.05, 0) is 52.2 Å². The summed E-state index contributed by atoms with van der Waals surface area (Å²) in [6, 6.07) is 3.75. The second-order valence-electron chi connectivity index (χ2n) is 4.18. The molecule has 0 saturated carbocycles. The first-order chi connectivity index (χ1) is 9.54. The second-order valence-corrected chi connectivity index (χ2v) is 5.78. The van der Waals surface area contributed by atoms with Crippen molar-refractivity contribution in [1.82, 2.24) is 20.2 Å². The molecule has 0 saturated heterocycles. The molecule has 5 nitrogen and oxygen atoms in total. The molecule has 2 aromatic heterocycles. The van der Waals surface area contributed by atoms with Crippen molar-refractivity contribution in [2.75, 3.05) is 5.32 Å². The van der Waals surface area contributed by atoms with Crippen LogP contribution >= 0.6 is 39.1 Å². The number of aromatic amines is 1. The molecule has 0 fully saturated rings. The molecule has 0 radical (unpaired) electrons. The van der Waals surface area contributed by atoms with E-state index in [2.05, 4.69) is 41.4 Å². The normalized spacial score (nSPS) is 11.0. The van der Waals surface area contributed by atoms with Crippen molar-refractivity contribution in [3.63, 3.8) is 0 Å². The third kappa shape index (κ3) is 2.46. The van der Waals surface area contributed by atoms with E-state index in [0.717, 1.165) is 21.1 Å². The van der Waals surface area contributed by atoms with Crippen LogP contribution < -0.4 is 5.32 Å². The summed E-state index contributed by atoms with van der Waals surface area (Å²) < 4.78 is 0.880. The Morgan fingerprint density at radius 3 is 2.85 bits per heavy atom. The van der Waals surface area contributed by atoms with E-state index in [1.54, 1.807) is 6.20 Å². The summed E-state index contributed by atoms with van der Waals surface area (Å²) in [6.07, 6.45) is 1.64. The summed E-state index contributed by atoms with van der Waals surface area (Å²) in [5.74, 6) is 0.564. The van der Waals surface area contributed by atoms with Crippen LogP contribution in [-0.2, 0) is 0 Å². The first-order valence-corrected chi connectivity index (χ1v) is 7.19. The molecule has 0 aliphatic heterocycles. The van der Waals surface area contributed by atoms with Crippen molar-refractivity contribution >= 4 is 61.7 Å². The molecule has 20 heavy (non-hydrogen) atoms. The van der Waals surface area contributed by atoms with Gasteiger partial charge in [-0.15, -0.1) is 0 Å². The first-order valence-electron chi connectivity index (χ1n) is 5.64. The minimum Gasteiger partial charge on any atom is -0.339 e. The highest BCUT2D eigenvalue weighted by atomic mass is 79.9. The van der Waals surface area contributed by atoms with E-state index in [4.69, 9.17) is 23.2 Å². The Kier molecular flexibility index (Phi) is 3.54. The molecule has 0 unspecified atom stereocenters. The number of nitrogens with one attached hydrogen (secondary N) is 2. The molecule has 2 N–H and O–H groups in total. The van der Waals surface area contributed by atoms with Crippen LogP contribution in [0.15, 0.2) is 22.8 Å². The van der Waals surface area contributed by atoms with Gasteiger partial charge in [-0.25, -0.2) is 0 Å². The van der Waals surface area contributed by atoms with E-state index in [1.807, 2.05) is 19.1 Å². The summed E-state index contributed by atoms with van der Waals surface area (Å²) in [4.78, 5) is 8.23. The quantitative estimate of drug-likeness (QED) is 0.651. The first kappa shape index (κ1) is 13.6. The van der Waals surface area contributed by atoms with E-state index in [1.165, 1.54) is 0 Å². The van der Waals surface area contributed by atoms with Crippen LogP contribution in [0.5, 0.6) is 0 Å². The molecule has 3 rings (SSSR count).